The molecule has 3 amide bonds. The first-order valence-electron chi connectivity index (χ1n) is 11.1. The van der Waals surface area contributed by atoms with Crippen LogP contribution in [0.3, 0.4) is 0 Å². The second kappa shape index (κ2) is 12.1. The van der Waals surface area contributed by atoms with Crippen molar-refractivity contribution in [3.05, 3.63) is 48.0 Å². The van der Waals surface area contributed by atoms with Crippen molar-refractivity contribution in [2.45, 2.75) is 78.1 Å². The summed E-state index contributed by atoms with van der Waals surface area (Å²) in [6.07, 6.45) is 1.69. The van der Waals surface area contributed by atoms with Gasteiger partial charge in [0.25, 0.3) is 0 Å². The standard InChI is InChI=1S/C25H39N3O4S/c1-9-15-28(22(30)19(16-33)26-23(31)32-25(6,7)8)20(21(29)27-24(3,4)5)18-13-11-17(10-2)12-14-18/h9,11-14,19-20,33H,1,10,15-16H2,2-8H3,(H,26,31)(H,27,29). The molecule has 0 saturated heterocycles. The summed E-state index contributed by atoms with van der Waals surface area (Å²) in [7, 11) is 0. The van der Waals surface area contributed by atoms with Gasteiger partial charge in [-0.3, -0.25) is 9.59 Å². The van der Waals surface area contributed by atoms with Gasteiger partial charge in [-0.05, 0) is 59.1 Å². The zero-order chi connectivity index (χ0) is 25.4. The predicted octanol–water partition coefficient (Wildman–Crippen LogP) is 4.04. The molecule has 7 nitrogen and oxygen atoms in total. The maximum Gasteiger partial charge on any atom is 0.408 e. The number of hydrogen-bond acceptors (Lipinski definition) is 5. The fourth-order valence-corrected chi connectivity index (χ4v) is 3.39. The Morgan fingerprint density at radius 2 is 1.70 bits per heavy atom. The minimum absolute atomic E-state index is 0.0358. The molecular weight excluding hydrogens is 438 g/mol. The van der Waals surface area contributed by atoms with E-state index in [1.54, 1.807) is 26.8 Å². The van der Waals surface area contributed by atoms with E-state index in [0.717, 1.165) is 12.0 Å². The number of alkyl carbamates (subject to hydrolysis) is 1. The van der Waals surface area contributed by atoms with Crippen LogP contribution in [0, 0.1) is 0 Å². The third-order valence-corrected chi connectivity index (χ3v) is 4.91. The molecule has 184 valence electrons. The van der Waals surface area contributed by atoms with Gasteiger partial charge in [-0.1, -0.05) is 37.3 Å². The van der Waals surface area contributed by atoms with Crippen molar-refractivity contribution in [2.75, 3.05) is 12.3 Å². The van der Waals surface area contributed by atoms with Crippen molar-refractivity contribution in [1.29, 1.82) is 0 Å². The molecule has 0 radical (unpaired) electrons. The summed E-state index contributed by atoms with van der Waals surface area (Å²) in [5, 5.41) is 5.55. The number of carbonyl (C=O) groups is 3. The lowest BCUT2D eigenvalue weighted by Gasteiger charge is -2.35. The van der Waals surface area contributed by atoms with Crippen molar-refractivity contribution in [1.82, 2.24) is 15.5 Å². The maximum atomic E-state index is 13.6. The normalized spacial score (nSPS) is 13.5. The molecule has 0 aliphatic heterocycles. The number of rotatable bonds is 9. The molecule has 2 atom stereocenters. The number of hydrogen-bond donors (Lipinski definition) is 3. The van der Waals surface area contributed by atoms with E-state index in [0.29, 0.717) is 5.56 Å². The van der Waals surface area contributed by atoms with Gasteiger partial charge < -0.3 is 20.3 Å². The molecule has 1 rings (SSSR count). The van der Waals surface area contributed by atoms with E-state index in [1.165, 1.54) is 4.90 Å². The van der Waals surface area contributed by atoms with Gasteiger partial charge in [-0.25, -0.2) is 4.79 Å². The molecule has 0 aliphatic rings. The first-order valence-corrected chi connectivity index (χ1v) is 11.8. The van der Waals surface area contributed by atoms with Gasteiger partial charge >= 0.3 is 6.09 Å². The minimum atomic E-state index is -0.983. The molecule has 1 aromatic rings. The van der Waals surface area contributed by atoms with E-state index >= 15 is 0 Å². The maximum absolute atomic E-state index is 13.6. The number of ether oxygens (including phenoxy) is 1. The van der Waals surface area contributed by atoms with Gasteiger partial charge in [0.2, 0.25) is 11.8 Å². The summed E-state index contributed by atoms with van der Waals surface area (Å²) in [6.45, 7) is 16.8. The Bertz CT molecular complexity index is 826. The van der Waals surface area contributed by atoms with E-state index in [4.69, 9.17) is 4.74 Å². The average Bonchev–Trinajstić information content (AvgIpc) is 2.69. The molecule has 1 aromatic carbocycles. The highest BCUT2D eigenvalue weighted by Gasteiger charge is 2.36. The number of nitrogens with zero attached hydrogens (tertiary/aromatic N) is 1. The van der Waals surface area contributed by atoms with Gasteiger partial charge in [-0.2, -0.15) is 12.6 Å². The molecule has 0 spiro atoms. The van der Waals surface area contributed by atoms with Crippen molar-refractivity contribution >= 4 is 30.5 Å². The van der Waals surface area contributed by atoms with E-state index in [9.17, 15) is 14.4 Å². The van der Waals surface area contributed by atoms with Crippen LogP contribution in [0.5, 0.6) is 0 Å². The number of aryl methyl sites for hydroxylation is 1. The summed E-state index contributed by atoms with van der Waals surface area (Å²) in [5.74, 6) is -0.741. The first kappa shape index (κ1) is 28.6. The molecule has 8 heteroatoms. The first-order chi connectivity index (χ1) is 15.2. The highest BCUT2D eigenvalue weighted by atomic mass is 32.1. The van der Waals surface area contributed by atoms with Gasteiger partial charge in [-0.15, -0.1) is 6.58 Å². The molecular formula is C25H39N3O4S. The molecule has 0 heterocycles. The van der Waals surface area contributed by atoms with Crippen molar-refractivity contribution in [2.24, 2.45) is 0 Å². The Balaban J connectivity index is 3.37. The van der Waals surface area contributed by atoms with Crippen LogP contribution in [-0.2, 0) is 20.7 Å². The predicted molar refractivity (Wildman–Crippen MR) is 135 cm³/mol. The number of thiol groups is 1. The highest BCUT2D eigenvalue weighted by Crippen LogP contribution is 2.24. The second-order valence-electron chi connectivity index (χ2n) is 9.90. The molecule has 0 saturated carbocycles. The molecule has 33 heavy (non-hydrogen) atoms. The van der Waals surface area contributed by atoms with Crippen LogP contribution in [-0.4, -0.2) is 52.3 Å². The minimum Gasteiger partial charge on any atom is -0.444 e. The van der Waals surface area contributed by atoms with E-state index in [2.05, 4.69) is 29.8 Å². The number of nitrogens with one attached hydrogen (secondary N) is 2. The van der Waals surface area contributed by atoms with E-state index in [-0.39, 0.29) is 18.2 Å². The average molecular weight is 478 g/mol. The zero-order valence-electron chi connectivity index (χ0n) is 20.9. The van der Waals surface area contributed by atoms with Gasteiger partial charge in [0.15, 0.2) is 0 Å². The Labute approximate surface area is 203 Å². The smallest absolute Gasteiger partial charge is 0.408 e. The monoisotopic (exact) mass is 477 g/mol. The summed E-state index contributed by atoms with van der Waals surface area (Å²) >= 11 is 4.26. The van der Waals surface area contributed by atoms with Crippen LogP contribution in [0.4, 0.5) is 4.79 Å². The van der Waals surface area contributed by atoms with Crippen LogP contribution in [0.15, 0.2) is 36.9 Å². The summed E-state index contributed by atoms with van der Waals surface area (Å²) < 4.78 is 5.29. The molecule has 2 N–H and O–H groups in total. The lowest BCUT2D eigenvalue weighted by atomic mass is 9.99. The highest BCUT2D eigenvalue weighted by molar-refractivity contribution is 7.80. The third kappa shape index (κ3) is 9.50. The SMILES string of the molecule is C=CCN(C(=O)C(CS)NC(=O)OC(C)(C)C)C(C(=O)NC(C)(C)C)c1ccc(CC)cc1. The van der Waals surface area contributed by atoms with Gasteiger partial charge in [0, 0.05) is 17.8 Å². The molecule has 2 unspecified atom stereocenters. The topological polar surface area (TPSA) is 87.7 Å². The largest absolute Gasteiger partial charge is 0.444 e. The fourth-order valence-electron chi connectivity index (χ4n) is 3.14. The van der Waals surface area contributed by atoms with Gasteiger partial charge in [0.1, 0.15) is 17.7 Å². The summed E-state index contributed by atoms with van der Waals surface area (Å²) in [5.41, 5.74) is 0.569. The number of benzene rings is 1. The van der Waals surface area contributed by atoms with Crippen molar-refractivity contribution < 1.29 is 19.1 Å². The quantitative estimate of drug-likeness (QED) is 0.370. The Kier molecular flexibility index (Phi) is 10.5. The molecule has 0 bridgehead atoms. The van der Waals surface area contributed by atoms with Crippen LogP contribution < -0.4 is 10.6 Å². The Morgan fingerprint density at radius 1 is 1.12 bits per heavy atom. The molecule has 0 fully saturated rings. The Hall–Kier alpha value is -2.48. The summed E-state index contributed by atoms with van der Waals surface area (Å²) in [6, 6.07) is 5.70. The van der Waals surface area contributed by atoms with Crippen LogP contribution in [0.2, 0.25) is 0 Å². The lowest BCUT2D eigenvalue weighted by molar-refractivity contribution is -0.142. The fraction of sp³-hybridized carbons (Fsp3) is 0.560. The number of carbonyl (C=O) groups excluding carboxylic acids is 3. The van der Waals surface area contributed by atoms with Crippen molar-refractivity contribution in [3.8, 4) is 0 Å². The molecule has 0 aliphatic carbocycles. The van der Waals surface area contributed by atoms with Crippen LogP contribution >= 0.6 is 12.6 Å². The van der Waals surface area contributed by atoms with E-state index < -0.39 is 35.2 Å². The second-order valence-corrected chi connectivity index (χ2v) is 10.3. The lowest BCUT2D eigenvalue weighted by Crippen LogP contribution is -2.55. The van der Waals surface area contributed by atoms with Crippen molar-refractivity contribution in [3.63, 3.8) is 0 Å². The summed E-state index contributed by atoms with van der Waals surface area (Å²) in [4.78, 5) is 40.7. The number of amides is 3. The molecule has 0 aromatic heterocycles. The zero-order valence-corrected chi connectivity index (χ0v) is 21.8. The van der Waals surface area contributed by atoms with Crippen LogP contribution in [0.25, 0.3) is 0 Å². The van der Waals surface area contributed by atoms with Crippen LogP contribution in [0.1, 0.15) is 65.6 Å². The Morgan fingerprint density at radius 3 is 2.12 bits per heavy atom. The van der Waals surface area contributed by atoms with Gasteiger partial charge in [0.05, 0.1) is 0 Å². The third-order valence-electron chi connectivity index (χ3n) is 4.54. The van der Waals surface area contributed by atoms with E-state index in [1.807, 2.05) is 52.0 Å².